The molecule has 0 bridgehead atoms. The van der Waals surface area contributed by atoms with E-state index in [0.29, 0.717) is 13.2 Å². The van der Waals surface area contributed by atoms with Crippen molar-refractivity contribution < 1.29 is 14.3 Å². The highest BCUT2D eigenvalue weighted by Crippen LogP contribution is 2.02. The fourth-order valence-electron chi connectivity index (χ4n) is 1.48. The first-order chi connectivity index (χ1) is 8.43. The Morgan fingerprint density at radius 2 is 1.65 bits per heavy atom. The van der Waals surface area contributed by atoms with Gasteiger partial charge in [0.25, 0.3) is 0 Å². The lowest BCUT2D eigenvalue weighted by Crippen LogP contribution is -1.99. The lowest BCUT2D eigenvalue weighted by molar-refractivity contribution is -0.111. The van der Waals surface area contributed by atoms with Gasteiger partial charge in [-0.25, -0.2) is 0 Å². The first-order valence-corrected chi connectivity index (χ1v) is 6.06. The summed E-state index contributed by atoms with van der Waals surface area (Å²) in [7, 11) is 0. The number of rotatable bonds is 10. The van der Waals surface area contributed by atoms with Crippen LogP contribution in [0.5, 0.6) is 0 Å². The molecule has 3 nitrogen and oxygen atoms in total. The Morgan fingerprint density at radius 3 is 2.35 bits per heavy atom. The molecule has 0 aliphatic heterocycles. The first-order valence-electron chi connectivity index (χ1n) is 6.06. The van der Waals surface area contributed by atoms with Gasteiger partial charge < -0.3 is 14.3 Å². The molecule has 0 atom stereocenters. The van der Waals surface area contributed by atoms with Crippen molar-refractivity contribution in [2.45, 2.75) is 25.9 Å². The second-order valence-corrected chi connectivity index (χ2v) is 3.84. The second kappa shape index (κ2) is 10.00. The summed E-state index contributed by atoms with van der Waals surface area (Å²) in [6, 6.07) is 10.2. The summed E-state index contributed by atoms with van der Waals surface area (Å²) >= 11 is 0. The Hall–Kier alpha value is -1.19. The molecule has 0 fully saturated rings. The molecule has 0 saturated carbocycles. The molecule has 0 aliphatic carbocycles. The zero-order valence-electron chi connectivity index (χ0n) is 10.1. The molecule has 17 heavy (non-hydrogen) atoms. The summed E-state index contributed by atoms with van der Waals surface area (Å²) in [5.41, 5.74) is 1.21. The molecule has 0 N–H and O–H groups in total. The van der Waals surface area contributed by atoms with Crippen LogP contribution in [0.15, 0.2) is 30.3 Å². The van der Waals surface area contributed by atoms with Gasteiger partial charge in [-0.2, -0.15) is 0 Å². The van der Waals surface area contributed by atoms with Crippen LogP contribution in [0.25, 0.3) is 0 Å². The highest BCUT2D eigenvalue weighted by Gasteiger charge is 1.93. The van der Waals surface area contributed by atoms with Gasteiger partial charge in [-0.15, -0.1) is 0 Å². The van der Waals surface area contributed by atoms with Gasteiger partial charge in [0.1, 0.15) is 12.9 Å². The van der Waals surface area contributed by atoms with E-state index in [1.807, 2.05) is 18.2 Å². The van der Waals surface area contributed by atoms with Crippen molar-refractivity contribution >= 4 is 6.29 Å². The third kappa shape index (κ3) is 7.66. The number of unbranched alkanes of at least 4 members (excludes halogenated alkanes) is 2. The van der Waals surface area contributed by atoms with Gasteiger partial charge in [0.2, 0.25) is 0 Å². The van der Waals surface area contributed by atoms with Gasteiger partial charge in [-0.3, -0.25) is 0 Å². The minimum atomic E-state index is 0.213. The molecular weight excluding hydrogens is 216 g/mol. The molecule has 0 aliphatic rings. The Balaban J connectivity index is 1.86. The number of ether oxygens (including phenoxy) is 2. The molecule has 1 aromatic rings. The summed E-state index contributed by atoms with van der Waals surface area (Å²) in [5, 5.41) is 0. The van der Waals surface area contributed by atoms with E-state index in [1.54, 1.807) is 0 Å². The summed E-state index contributed by atoms with van der Waals surface area (Å²) in [4.78, 5) is 9.97. The molecule has 0 saturated heterocycles. The average molecular weight is 236 g/mol. The van der Waals surface area contributed by atoms with E-state index in [9.17, 15) is 4.79 Å². The average Bonchev–Trinajstić information content (AvgIpc) is 2.38. The Morgan fingerprint density at radius 1 is 0.941 bits per heavy atom. The molecule has 0 amide bonds. The van der Waals surface area contributed by atoms with E-state index in [2.05, 4.69) is 12.1 Å². The quantitative estimate of drug-likeness (QED) is 0.462. The number of benzene rings is 1. The molecule has 0 unspecified atom stereocenters. The Bertz CT molecular complexity index is 285. The fourth-order valence-corrected chi connectivity index (χ4v) is 1.48. The lowest BCUT2D eigenvalue weighted by atomic mass is 10.2. The van der Waals surface area contributed by atoms with Crippen LogP contribution in [0.1, 0.15) is 24.8 Å². The van der Waals surface area contributed by atoms with E-state index in [1.165, 1.54) is 5.56 Å². The summed E-state index contributed by atoms with van der Waals surface area (Å²) in [6.45, 7) is 2.34. The molecule has 0 radical (unpaired) electrons. The predicted molar refractivity (Wildman–Crippen MR) is 66.8 cm³/mol. The minimum absolute atomic E-state index is 0.213. The van der Waals surface area contributed by atoms with Crippen molar-refractivity contribution in [3.63, 3.8) is 0 Å². The standard InChI is InChI=1S/C14H20O3/c15-9-12-16-10-5-2-6-11-17-13-14-7-3-1-4-8-14/h1,3-4,7-9H,2,5-6,10-13H2. The summed E-state index contributed by atoms with van der Waals surface area (Å²) < 4.78 is 10.6. The van der Waals surface area contributed by atoms with Crippen molar-refractivity contribution in [3.8, 4) is 0 Å². The zero-order chi connectivity index (χ0) is 12.2. The normalized spacial score (nSPS) is 10.4. The van der Waals surface area contributed by atoms with Gasteiger partial charge >= 0.3 is 0 Å². The molecule has 1 aromatic carbocycles. The molecule has 94 valence electrons. The SMILES string of the molecule is O=CCOCCCCCOCc1ccccc1. The van der Waals surface area contributed by atoms with Gasteiger partial charge in [-0.05, 0) is 24.8 Å². The Kier molecular flexibility index (Phi) is 8.16. The first kappa shape index (κ1) is 13.9. The van der Waals surface area contributed by atoms with Crippen LogP contribution in [0.2, 0.25) is 0 Å². The maximum absolute atomic E-state index is 9.97. The van der Waals surface area contributed by atoms with E-state index in [4.69, 9.17) is 9.47 Å². The van der Waals surface area contributed by atoms with Gasteiger partial charge in [-0.1, -0.05) is 30.3 Å². The van der Waals surface area contributed by atoms with Gasteiger partial charge in [0, 0.05) is 13.2 Å². The van der Waals surface area contributed by atoms with E-state index in [-0.39, 0.29) is 6.61 Å². The van der Waals surface area contributed by atoms with Crippen LogP contribution in [-0.2, 0) is 20.9 Å². The second-order valence-electron chi connectivity index (χ2n) is 3.84. The van der Waals surface area contributed by atoms with Crippen LogP contribution in [0, 0.1) is 0 Å². The summed E-state index contributed by atoms with van der Waals surface area (Å²) in [6.07, 6.45) is 3.89. The fraction of sp³-hybridized carbons (Fsp3) is 0.500. The van der Waals surface area contributed by atoms with Gasteiger partial charge in [0.05, 0.1) is 6.61 Å². The van der Waals surface area contributed by atoms with Crippen molar-refractivity contribution in [2.24, 2.45) is 0 Å². The number of aldehydes is 1. The van der Waals surface area contributed by atoms with Crippen LogP contribution in [0.3, 0.4) is 0 Å². The maximum Gasteiger partial charge on any atom is 0.145 e. The summed E-state index contributed by atoms with van der Waals surface area (Å²) in [5.74, 6) is 0. The molecule has 0 heterocycles. The van der Waals surface area contributed by atoms with E-state index in [0.717, 1.165) is 32.2 Å². The van der Waals surface area contributed by atoms with Crippen LogP contribution < -0.4 is 0 Å². The molecule has 3 heteroatoms. The van der Waals surface area contributed by atoms with E-state index >= 15 is 0 Å². The van der Waals surface area contributed by atoms with Gasteiger partial charge in [0.15, 0.2) is 0 Å². The number of hydrogen-bond acceptors (Lipinski definition) is 3. The van der Waals surface area contributed by atoms with Crippen molar-refractivity contribution in [1.82, 2.24) is 0 Å². The monoisotopic (exact) mass is 236 g/mol. The number of carbonyl (C=O) groups excluding carboxylic acids is 1. The number of hydrogen-bond donors (Lipinski definition) is 0. The maximum atomic E-state index is 9.97. The van der Waals surface area contributed by atoms with Crippen LogP contribution in [0.4, 0.5) is 0 Å². The zero-order valence-corrected chi connectivity index (χ0v) is 10.1. The van der Waals surface area contributed by atoms with E-state index < -0.39 is 0 Å². The molecule has 1 rings (SSSR count). The van der Waals surface area contributed by atoms with Crippen LogP contribution >= 0.6 is 0 Å². The molecule has 0 aromatic heterocycles. The predicted octanol–water partition coefficient (Wildman–Crippen LogP) is 2.59. The third-order valence-electron chi connectivity index (χ3n) is 2.37. The highest BCUT2D eigenvalue weighted by atomic mass is 16.5. The molecule has 0 spiro atoms. The van der Waals surface area contributed by atoms with Crippen LogP contribution in [-0.4, -0.2) is 26.1 Å². The molecular formula is C14H20O3. The lowest BCUT2D eigenvalue weighted by Gasteiger charge is -2.04. The third-order valence-corrected chi connectivity index (χ3v) is 2.37. The minimum Gasteiger partial charge on any atom is -0.377 e. The van der Waals surface area contributed by atoms with Crippen molar-refractivity contribution in [2.75, 3.05) is 19.8 Å². The Labute approximate surface area is 103 Å². The number of carbonyl (C=O) groups is 1. The van der Waals surface area contributed by atoms with Crippen molar-refractivity contribution in [1.29, 1.82) is 0 Å². The smallest absolute Gasteiger partial charge is 0.145 e. The topological polar surface area (TPSA) is 35.5 Å². The largest absolute Gasteiger partial charge is 0.377 e. The van der Waals surface area contributed by atoms with Crippen molar-refractivity contribution in [3.05, 3.63) is 35.9 Å². The highest BCUT2D eigenvalue weighted by molar-refractivity contribution is 5.50.